The quantitative estimate of drug-likeness (QED) is 0.603. The number of Topliss-reactive ketones (excluding diaryl/α,β-unsaturated/α-hetero) is 1. The van der Waals surface area contributed by atoms with Crippen LogP contribution in [0.3, 0.4) is 0 Å². The van der Waals surface area contributed by atoms with Crippen LogP contribution in [0.5, 0.6) is 11.5 Å². The molecule has 0 N–H and O–H groups in total. The van der Waals surface area contributed by atoms with Gasteiger partial charge < -0.3 is 14.2 Å². The van der Waals surface area contributed by atoms with Gasteiger partial charge in [-0.3, -0.25) is 9.69 Å². The van der Waals surface area contributed by atoms with Gasteiger partial charge >= 0.3 is 0 Å². The molecule has 3 heterocycles. The molecule has 1 saturated heterocycles. The van der Waals surface area contributed by atoms with E-state index < -0.39 is 0 Å². The molecule has 0 aliphatic carbocycles. The predicted octanol–water partition coefficient (Wildman–Crippen LogP) is 5.25. The Morgan fingerprint density at radius 1 is 1.23 bits per heavy atom. The minimum absolute atomic E-state index is 0.178. The molecule has 2 aromatic rings. The Kier molecular flexibility index (Phi) is 5.23. The molecule has 0 radical (unpaired) electrons. The topological polar surface area (TPSA) is 48.0 Å². The van der Waals surface area contributed by atoms with Crippen LogP contribution in [0.4, 0.5) is 0 Å². The molecule has 1 fully saturated rings. The summed E-state index contributed by atoms with van der Waals surface area (Å²) in [7, 11) is 0. The summed E-state index contributed by atoms with van der Waals surface area (Å²) in [5.74, 6) is 1.37. The van der Waals surface area contributed by atoms with E-state index in [4.69, 9.17) is 37.4 Å². The molecular formula is C23H21Cl2NO4. The van der Waals surface area contributed by atoms with E-state index in [1.807, 2.05) is 13.0 Å². The van der Waals surface area contributed by atoms with Crippen LogP contribution in [0, 0.1) is 6.92 Å². The van der Waals surface area contributed by atoms with Crippen LogP contribution in [0.25, 0.3) is 6.08 Å². The molecular weight excluding hydrogens is 425 g/mol. The highest BCUT2D eigenvalue weighted by atomic mass is 35.5. The van der Waals surface area contributed by atoms with Gasteiger partial charge in [-0.2, -0.15) is 0 Å². The molecule has 3 aliphatic heterocycles. The number of nitrogens with zero attached hydrogens (tertiary/aromatic N) is 1. The fraction of sp³-hybridized carbons (Fsp3) is 0.348. The standard InChI is InChI=1S/C23H21Cl2NO4/c1-13-22-14(10-26(12-29-22)11-15-4-3-7-28-15)8-17-21(27)20(30-23(13)17)9-16-18(24)5-2-6-19(16)25/h2,5-6,8-9,15H,3-4,7,10-12H2,1H3/b20-9-. The molecule has 0 bridgehead atoms. The summed E-state index contributed by atoms with van der Waals surface area (Å²) in [6.07, 6.45) is 4.05. The third-order valence-corrected chi connectivity index (χ3v) is 6.42. The predicted molar refractivity (Wildman–Crippen MR) is 115 cm³/mol. The minimum Gasteiger partial charge on any atom is -0.477 e. The number of hydrogen-bond donors (Lipinski definition) is 0. The number of ketones is 1. The largest absolute Gasteiger partial charge is 0.477 e. The SMILES string of the molecule is Cc1c2c(cc3c1O/C(=C\c1c(Cl)cccc1Cl)C3=O)CN(CC1CCCO1)CO2. The highest BCUT2D eigenvalue weighted by Gasteiger charge is 2.34. The van der Waals surface area contributed by atoms with E-state index in [9.17, 15) is 4.79 Å². The van der Waals surface area contributed by atoms with E-state index in [1.165, 1.54) is 0 Å². The number of hydrogen-bond acceptors (Lipinski definition) is 5. The van der Waals surface area contributed by atoms with Gasteiger partial charge in [0, 0.05) is 46.4 Å². The van der Waals surface area contributed by atoms with Crippen LogP contribution in [-0.2, 0) is 11.3 Å². The van der Waals surface area contributed by atoms with Gasteiger partial charge in [0.15, 0.2) is 5.76 Å². The Hall–Kier alpha value is -2.05. The molecule has 0 aromatic heterocycles. The normalized spacial score (nSPS) is 22.0. The molecule has 7 heteroatoms. The van der Waals surface area contributed by atoms with Gasteiger partial charge in [-0.25, -0.2) is 0 Å². The van der Waals surface area contributed by atoms with Crippen LogP contribution in [0.15, 0.2) is 30.0 Å². The number of rotatable bonds is 3. The van der Waals surface area contributed by atoms with Crippen LogP contribution < -0.4 is 9.47 Å². The van der Waals surface area contributed by atoms with Crippen molar-refractivity contribution < 1.29 is 19.0 Å². The molecule has 1 atom stereocenters. The van der Waals surface area contributed by atoms with E-state index >= 15 is 0 Å². The number of fused-ring (bicyclic) bond motifs is 2. The number of halogens is 2. The summed E-state index contributed by atoms with van der Waals surface area (Å²) in [6, 6.07) is 7.10. The van der Waals surface area contributed by atoms with Gasteiger partial charge in [0.25, 0.3) is 0 Å². The van der Waals surface area contributed by atoms with Crippen LogP contribution >= 0.6 is 23.2 Å². The third-order valence-electron chi connectivity index (χ3n) is 5.76. The molecule has 0 saturated carbocycles. The van der Waals surface area contributed by atoms with Gasteiger partial charge in [0.2, 0.25) is 5.78 Å². The highest BCUT2D eigenvalue weighted by Crippen LogP contribution is 2.43. The third kappa shape index (κ3) is 3.50. The Morgan fingerprint density at radius 3 is 2.77 bits per heavy atom. The molecule has 0 amide bonds. The van der Waals surface area contributed by atoms with Crippen LogP contribution in [-0.4, -0.2) is 36.7 Å². The lowest BCUT2D eigenvalue weighted by atomic mass is 10.00. The zero-order valence-corrected chi connectivity index (χ0v) is 18.1. The number of allylic oxidation sites excluding steroid dienone is 1. The summed E-state index contributed by atoms with van der Waals surface area (Å²) in [4.78, 5) is 15.3. The van der Waals surface area contributed by atoms with Crippen LogP contribution in [0.1, 0.15) is 39.9 Å². The molecule has 3 aliphatic rings. The molecule has 5 rings (SSSR count). The second kappa shape index (κ2) is 7.89. The van der Waals surface area contributed by atoms with Crippen molar-refractivity contribution in [1.82, 2.24) is 4.90 Å². The molecule has 1 unspecified atom stereocenters. The van der Waals surface area contributed by atoms with Crippen molar-refractivity contribution >= 4 is 35.1 Å². The maximum atomic E-state index is 13.1. The van der Waals surface area contributed by atoms with Crippen molar-refractivity contribution in [3.8, 4) is 11.5 Å². The Morgan fingerprint density at radius 2 is 2.03 bits per heavy atom. The highest BCUT2D eigenvalue weighted by molar-refractivity contribution is 6.37. The first-order chi connectivity index (χ1) is 14.5. The molecule has 156 valence electrons. The Balaban J connectivity index is 1.44. The van der Waals surface area contributed by atoms with Gasteiger partial charge in [-0.1, -0.05) is 29.3 Å². The Bertz CT molecular complexity index is 1040. The van der Waals surface area contributed by atoms with Crippen molar-refractivity contribution in [2.75, 3.05) is 19.9 Å². The maximum absolute atomic E-state index is 13.1. The first-order valence-corrected chi connectivity index (χ1v) is 10.8. The first-order valence-electron chi connectivity index (χ1n) is 10.0. The number of carbonyl (C=O) groups excluding carboxylic acids is 1. The van der Waals surface area contributed by atoms with E-state index in [0.717, 1.165) is 42.9 Å². The Labute approximate surface area is 185 Å². The molecule has 0 spiro atoms. The number of carbonyl (C=O) groups is 1. The molecule has 5 nitrogen and oxygen atoms in total. The zero-order valence-electron chi connectivity index (χ0n) is 16.5. The number of benzene rings is 2. The summed E-state index contributed by atoms with van der Waals surface area (Å²) in [5, 5.41) is 0.929. The average molecular weight is 446 g/mol. The summed E-state index contributed by atoms with van der Waals surface area (Å²) in [6.45, 7) is 4.80. The molecule has 2 aromatic carbocycles. The smallest absolute Gasteiger partial charge is 0.231 e. The fourth-order valence-corrected chi connectivity index (χ4v) is 4.78. The van der Waals surface area contributed by atoms with Gasteiger partial charge in [0.05, 0.1) is 11.7 Å². The van der Waals surface area contributed by atoms with E-state index in [1.54, 1.807) is 24.3 Å². The van der Waals surface area contributed by atoms with Crippen molar-refractivity contribution in [3.63, 3.8) is 0 Å². The first kappa shape index (κ1) is 19.9. The van der Waals surface area contributed by atoms with Crippen molar-refractivity contribution in [1.29, 1.82) is 0 Å². The van der Waals surface area contributed by atoms with Gasteiger partial charge in [0.1, 0.15) is 18.2 Å². The second-order valence-corrected chi connectivity index (χ2v) is 8.68. The van der Waals surface area contributed by atoms with Crippen molar-refractivity contribution in [3.05, 3.63) is 62.3 Å². The van der Waals surface area contributed by atoms with E-state index in [-0.39, 0.29) is 17.6 Å². The van der Waals surface area contributed by atoms with Crippen LogP contribution in [0.2, 0.25) is 10.0 Å². The number of ether oxygens (including phenoxy) is 3. The van der Waals surface area contributed by atoms with Crippen molar-refractivity contribution in [2.45, 2.75) is 32.4 Å². The molecule has 30 heavy (non-hydrogen) atoms. The summed E-state index contributed by atoms with van der Waals surface area (Å²) in [5.41, 5.74) is 2.94. The minimum atomic E-state index is -0.178. The lowest BCUT2D eigenvalue weighted by Crippen LogP contribution is -2.37. The van der Waals surface area contributed by atoms with Gasteiger partial charge in [-0.15, -0.1) is 0 Å². The van der Waals surface area contributed by atoms with Gasteiger partial charge in [-0.05, 0) is 44.0 Å². The monoisotopic (exact) mass is 445 g/mol. The summed E-state index contributed by atoms with van der Waals surface area (Å²) >= 11 is 12.5. The summed E-state index contributed by atoms with van der Waals surface area (Å²) < 4.78 is 17.7. The maximum Gasteiger partial charge on any atom is 0.231 e. The average Bonchev–Trinajstić information content (AvgIpc) is 3.34. The lowest BCUT2D eigenvalue weighted by molar-refractivity contribution is 0.0276. The van der Waals surface area contributed by atoms with E-state index in [2.05, 4.69) is 4.90 Å². The zero-order chi connectivity index (χ0) is 20.8. The van der Waals surface area contributed by atoms with Crippen molar-refractivity contribution in [2.24, 2.45) is 0 Å². The second-order valence-electron chi connectivity index (χ2n) is 7.86. The van der Waals surface area contributed by atoms with E-state index in [0.29, 0.717) is 40.2 Å². The fourth-order valence-electron chi connectivity index (χ4n) is 4.27. The lowest BCUT2D eigenvalue weighted by Gasteiger charge is -2.31.